The van der Waals surface area contributed by atoms with Crippen LogP contribution in [-0.2, 0) is 11.4 Å². The molecule has 1 aliphatic rings. The Morgan fingerprint density at radius 2 is 2.46 bits per heavy atom. The third-order valence-corrected chi connectivity index (χ3v) is 2.93. The highest BCUT2D eigenvalue weighted by molar-refractivity contribution is 7.15. The molecule has 0 unspecified atom stereocenters. The van der Waals surface area contributed by atoms with Crippen LogP contribution in [0.3, 0.4) is 0 Å². The number of thiazole rings is 1. The van der Waals surface area contributed by atoms with E-state index in [0.717, 1.165) is 23.6 Å². The SMILES string of the molecule is Clc1cnc(CON=C2CCC2)s1. The average Bonchev–Trinajstić information content (AvgIpc) is 2.42. The second-order valence-corrected chi connectivity index (χ2v) is 4.59. The van der Waals surface area contributed by atoms with Gasteiger partial charge in [-0.25, -0.2) is 4.98 Å². The molecule has 0 aromatic carbocycles. The summed E-state index contributed by atoms with van der Waals surface area (Å²) in [4.78, 5) is 9.16. The Labute approximate surface area is 85.4 Å². The van der Waals surface area contributed by atoms with Crippen molar-refractivity contribution in [3.8, 4) is 0 Å². The Hall–Kier alpha value is -0.610. The molecular formula is C8H9ClN2OS. The van der Waals surface area contributed by atoms with Gasteiger partial charge in [-0.15, -0.1) is 11.3 Å². The maximum Gasteiger partial charge on any atom is 0.168 e. The lowest BCUT2D eigenvalue weighted by Gasteiger charge is -2.12. The smallest absolute Gasteiger partial charge is 0.168 e. The first-order valence-electron chi connectivity index (χ1n) is 4.12. The zero-order valence-electron chi connectivity index (χ0n) is 6.99. The summed E-state index contributed by atoms with van der Waals surface area (Å²) in [6.45, 7) is 0.431. The third-order valence-electron chi connectivity index (χ3n) is 1.84. The molecule has 0 N–H and O–H groups in total. The fourth-order valence-corrected chi connectivity index (χ4v) is 1.82. The van der Waals surface area contributed by atoms with E-state index < -0.39 is 0 Å². The highest BCUT2D eigenvalue weighted by atomic mass is 35.5. The molecule has 0 radical (unpaired) electrons. The number of halogens is 1. The number of hydrogen-bond acceptors (Lipinski definition) is 4. The largest absolute Gasteiger partial charge is 0.388 e. The quantitative estimate of drug-likeness (QED) is 0.729. The van der Waals surface area contributed by atoms with Crippen LogP contribution in [-0.4, -0.2) is 10.7 Å². The van der Waals surface area contributed by atoms with Crippen LogP contribution < -0.4 is 0 Å². The van der Waals surface area contributed by atoms with Gasteiger partial charge in [0.1, 0.15) is 9.34 Å². The van der Waals surface area contributed by atoms with Gasteiger partial charge < -0.3 is 4.84 Å². The van der Waals surface area contributed by atoms with E-state index in [1.807, 2.05) is 0 Å². The van der Waals surface area contributed by atoms with E-state index in [1.54, 1.807) is 6.20 Å². The Morgan fingerprint density at radius 1 is 1.62 bits per heavy atom. The van der Waals surface area contributed by atoms with Crippen LogP contribution >= 0.6 is 22.9 Å². The minimum Gasteiger partial charge on any atom is -0.388 e. The molecule has 1 heterocycles. The van der Waals surface area contributed by atoms with Crippen LogP contribution in [0.1, 0.15) is 24.3 Å². The normalized spacial score (nSPS) is 15.3. The van der Waals surface area contributed by atoms with Crippen LogP contribution in [0.2, 0.25) is 4.34 Å². The standard InChI is InChI=1S/C8H9ClN2OS/c9-7-4-10-8(13-7)5-12-11-6-2-1-3-6/h4H,1-3,5H2. The minimum absolute atomic E-state index is 0.431. The van der Waals surface area contributed by atoms with E-state index in [2.05, 4.69) is 10.1 Å². The van der Waals surface area contributed by atoms with Crippen molar-refractivity contribution >= 4 is 28.6 Å². The van der Waals surface area contributed by atoms with Gasteiger partial charge in [0, 0.05) is 0 Å². The van der Waals surface area contributed by atoms with E-state index in [-0.39, 0.29) is 0 Å². The van der Waals surface area contributed by atoms with E-state index in [4.69, 9.17) is 16.4 Å². The Kier molecular flexibility index (Phi) is 2.80. The topological polar surface area (TPSA) is 34.5 Å². The van der Waals surface area contributed by atoms with E-state index in [0.29, 0.717) is 10.9 Å². The summed E-state index contributed by atoms with van der Waals surface area (Å²) < 4.78 is 0.690. The number of nitrogens with zero attached hydrogens (tertiary/aromatic N) is 2. The number of aromatic nitrogens is 1. The Balaban J connectivity index is 1.79. The van der Waals surface area contributed by atoms with Gasteiger partial charge in [-0.05, 0) is 19.3 Å². The molecule has 70 valence electrons. The van der Waals surface area contributed by atoms with Crippen molar-refractivity contribution in [2.45, 2.75) is 25.9 Å². The maximum atomic E-state index is 5.70. The van der Waals surface area contributed by atoms with Crippen LogP contribution in [0.15, 0.2) is 11.4 Å². The highest BCUT2D eigenvalue weighted by Gasteiger charge is 2.10. The molecule has 2 rings (SSSR count). The highest BCUT2D eigenvalue weighted by Crippen LogP contribution is 2.19. The zero-order chi connectivity index (χ0) is 9.10. The van der Waals surface area contributed by atoms with Gasteiger partial charge in [-0.2, -0.15) is 0 Å². The van der Waals surface area contributed by atoms with Crippen LogP contribution in [0.5, 0.6) is 0 Å². The molecule has 1 aliphatic carbocycles. The molecule has 0 atom stereocenters. The first-order valence-corrected chi connectivity index (χ1v) is 5.32. The molecule has 1 saturated carbocycles. The van der Waals surface area contributed by atoms with Crippen molar-refractivity contribution in [2.75, 3.05) is 0 Å². The maximum absolute atomic E-state index is 5.70. The summed E-state index contributed by atoms with van der Waals surface area (Å²) in [5, 5.41) is 4.84. The van der Waals surface area contributed by atoms with Gasteiger partial charge in [0.05, 0.1) is 11.9 Å². The van der Waals surface area contributed by atoms with Crippen molar-refractivity contribution in [3.05, 3.63) is 15.5 Å². The van der Waals surface area contributed by atoms with Gasteiger partial charge in [0.25, 0.3) is 0 Å². The lowest BCUT2D eigenvalue weighted by Crippen LogP contribution is -2.09. The van der Waals surface area contributed by atoms with Gasteiger partial charge in [-0.3, -0.25) is 0 Å². The molecule has 13 heavy (non-hydrogen) atoms. The number of oxime groups is 1. The monoisotopic (exact) mass is 216 g/mol. The number of hydrogen-bond donors (Lipinski definition) is 0. The fourth-order valence-electron chi connectivity index (χ4n) is 0.960. The Bertz CT molecular complexity index is 318. The summed E-state index contributed by atoms with van der Waals surface area (Å²) in [7, 11) is 0. The lowest BCUT2D eigenvalue weighted by molar-refractivity contribution is 0.127. The molecule has 0 spiro atoms. The summed E-state index contributed by atoms with van der Waals surface area (Å²) in [5.74, 6) is 0. The summed E-state index contributed by atoms with van der Waals surface area (Å²) in [6.07, 6.45) is 5.03. The molecule has 5 heteroatoms. The molecule has 1 aromatic heterocycles. The molecule has 0 bridgehead atoms. The summed E-state index contributed by atoms with van der Waals surface area (Å²) in [6, 6.07) is 0. The zero-order valence-corrected chi connectivity index (χ0v) is 8.57. The molecule has 3 nitrogen and oxygen atoms in total. The van der Waals surface area contributed by atoms with Crippen LogP contribution in [0, 0.1) is 0 Å². The molecular weight excluding hydrogens is 208 g/mol. The second kappa shape index (κ2) is 4.07. The Morgan fingerprint density at radius 3 is 3.00 bits per heavy atom. The van der Waals surface area contributed by atoms with Gasteiger partial charge >= 0.3 is 0 Å². The summed E-state index contributed by atoms with van der Waals surface area (Å²) in [5.41, 5.74) is 1.16. The number of rotatable bonds is 3. The predicted octanol–water partition coefficient (Wildman–Crippen LogP) is 2.85. The molecule has 0 saturated heterocycles. The van der Waals surface area contributed by atoms with Crippen molar-refractivity contribution in [1.29, 1.82) is 0 Å². The summed E-state index contributed by atoms with van der Waals surface area (Å²) >= 11 is 7.13. The molecule has 0 amide bonds. The predicted molar refractivity (Wildman–Crippen MR) is 53.2 cm³/mol. The van der Waals surface area contributed by atoms with Crippen molar-refractivity contribution in [1.82, 2.24) is 4.98 Å². The molecule has 0 aliphatic heterocycles. The first kappa shape index (κ1) is 8.97. The van der Waals surface area contributed by atoms with Gasteiger partial charge in [0.2, 0.25) is 0 Å². The molecule has 1 aromatic rings. The van der Waals surface area contributed by atoms with E-state index >= 15 is 0 Å². The van der Waals surface area contributed by atoms with Gasteiger partial charge in [0.15, 0.2) is 6.61 Å². The second-order valence-electron chi connectivity index (χ2n) is 2.84. The van der Waals surface area contributed by atoms with Crippen molar-refractivity contribution < 1.29 is 4.84 Å². The van der Waals surface area contributed by atoms with Crippen molar-refractivity contribution in [3.63, 3.8) is 0 Å². The molecule has 1 fully saturated rings. The third kappa shape index (κ3) is 2.42. The van der Waals surface area contributed by atoms with E-state index in [9.17, 15) is 0 Å². The lowest BCUT2D eigenvalue weighted by atomic mass is 9.98. The van der Waals surface area contributed by atoms with E-state index in [1.165, 1.54) is 17.8 Å². The van der Waals surface area contributed by atoms with Crippen LogP contribution in [0.4, 0.5) is 0 Å². The van der Waals surface area contributed by atoms with Crippen molar-refractivity contribution in [2.24, 2.45) is 5.16 Å². The fraction of sp³-hybridized carbons (Fsp3) is 0.500. The average molecular weight is 217 g/mol. The van der Waals surface area contributed by atoms with Gasteiger partial charge in [-0.1, -0.05) is 16.8 Å². The van der Waals surface area contributed by atoms with Crippen LogP contribution in [0.25, 0.3) is 0 Å². The first-order chi connectivity index (χ1) is 6.34. The minimum atomic E-state index is 0.431.